The van der Waals surface area contributed by atoms with Crippen LogP contribution in [0.3, 0.4) is 0 Å². The highest BCUT2D eigenvalue weighted by Gasteiger charge is 1.90. The van der Waals surface area contributed by atoms with Crippen LogP contribution in [0, 0.1) is 0 Å². The molecule has 2 rings (SSSR count). The standard InChI is InChI=1S/C6H5N3.H3O3P/c1-2-4-6-5(3-1)7-9-8-6;1-4(2)3/h1-4H,(H,7,8,9);4H,(H2,1,2,3). The molecule has 0 aliphatic carbocycles. The van der Waals surface area contributed by atoms with Crippen LogP contribution in [0.4, 0.5) is 0 Å². The number of hydrogen-bond donors (Lipinski definition) is 3. The molecule has 2 aromatic rings. The summed E-state index contributed by atoms with van der Waals surface area (Å²) in [5.41, 5.74) is 1.90. The molecule has 1 heterocycles. The SMILES string of the molecule is O=[PH](O)O.c1ccc2[nH]nnc2c1. The van der Waals surface area contributed by atoms with Crippen molar-refractivity contribution >= 4 is 19.3 Å². The fourth-order valence-corrected chi connectivity index (χ4v) is 0.788. The number of rotatable bonds is 0. The average Bonchev–Trinajstić information content (AvgIpc) is 2.49. The average molecular weight is 201 g/mol. The molecule has 0 saturated carbocycles. The van der Waals surface area contributed by atoms with Gasteiger partial charge in [-0.25, -0.2) is 0 Å². The Kier molecular flexibility index (Phi) is 3.57. The quantitative estimate of drug-likeness (QED) is 0.533. The van der Waals surface area contributed by atoms with Crippen LogP contribution >= 0.6 is 8.25 Å². The van der Waals surface area contributed by atoms with Gasteiger partial charge in [0.25, 0.3) is 0 Å². The second kappa shape index (κ2) is 4.71. The number of aromatic amines is 1. The van der Waals surface area contributed by atoms with Crippen molar-refractivity contribution < 1.29 is 14.4 Å². The molecule has 0 radical (unpaired) electrons. The van der Waals surface area contributed by atoms with Gasteiger partial charge in [0.15, 0.2) is 0 Å². The number of benzene rings is 1. The van der Waals surface area contributed by atoms with E-state index < -0.39 is 8.25 Å². The number of nitrogens with one attached hydrogen (secondary N) is 1. The van der Waals surface area contributed by atoms with Crippen LogP contribution in [0.25, 0.3) is 11.0 Å². The summed E-state index contributed by atoms with van der Waals surface area (Å²) in [6.45, 7) is 0. The molecule has 0 aliphatic rings. The van der Waals surface area contributed by atoms with Crippen LogP contribution < -0.4 is 0 Å². The summed E-state index contributed by atoms with van der Waals surface area (Å²) in [6, 6.07) is 7.74. The third-order valence-corrected chi connectivity index (χ3v) is 1.23. The minimum absolute atomic E-state index is 0.914. The van der Waals surface area contributed by atoms with Gasteiger partial charge in [0.2, 0.25) is 0 Å². The molecule has 0 aliphatic heterocycles. The molecule has 1 aromatic heterocycles. The molecule has 13 heavy (non-hydrogen) atoms. The lowest BCUT2D eigenvalue weighted by atomic mass is 10.3. The molecule has 7 heteroatoms. The maximum Gasteiger partial charge on any atom is 0.314 e. The monoisotopic (exact) mass is 201 g/mol. The first-order valence-electron chi connectivity index (χ1n) is 3.38. The van der Waals surface area contributed by atoms with Gasteiger partial charge in [-0.3, -0.25) is 9.66 Å². The lowest BCUT2D eigenvalue weighted by Gasteiger charge is -1.79. The minimum Gasteiger partial charge on any atom is -0.326 e. The Morgan fingerprint density at radius 1 is 1.31 bits per heavy atom. The van der Waals surface area contributed by atoms with Gasteiger partial charge in [0.05, 0.1) is 5.52 Å². The van der Waals surface area contributed by atoms with Gasteiger partial charge >= 0.3 is 8.25 Å². The summed E-state index contributed by atoms with van der Waals surface area (Å²) in [7, 11) is -3.13. The second-order valence-corrected chi connectivity index (χ2v) is 2.68. The Morgan fingerprint density at radius 3 is 2.54 bits per heavy atom. The first-order valence-corrected chi connectivity index (χ1v) is 4.68. The largest absolute Gasteiger partial charge is 0.326 e. The molecule has 0 atom stereocenters. The van der Waals surface area contributed by atoms with Crippen LogP contribution in [0.15, 0.2) is 24.3 Å². The number of hydrogen-bond acceptors (Lipinski definition) is 3. The van der Waals surface area contributed by atoms with Crippen molar-refractivity contribution in [3.8, 4) is 0 Å². The minimum atomic E-state index is -3.13. The fourth-order valence-electron chi connectivity index (χ4n) is 0.788. The predicted molar refractivity (Wildman–Crippen MR) is 47.3 cm³/mol. The van der Waals surface area contributed by atoms with E-state index in [1.165, 1.54) is 0 Å². The van der Waals surface area contributed by atoms with Gasteiger partial charge in [0, 0.05) is 0 Å². The molecular formula is C6H8N3O3P. The van der Waals surface area contributed by atoms with E-state index in [9.17, 15) is 0 Å². The van der Waals surface area contributed by atoms with Crippen LogP contribution in [-0.2, 0) is 4.57 Å². The van der Waals surface area contributed by atoms with E-state index in [4.69, 9.17) is 14.4 Å². The Morgan fingerprint density at radius 2 is 1.92 bits per heavy atom. The third-order valence-electron chi connectivity index (χ3n) is 1.23. The van der Waals surface area contributed by atoms with Crippen molar-refractivity contribution in [2.24, 2.45) is 0 Å². The first-order chi connectivity index (χ1) is 6.20. The summed E-state index contributed by atoms with van der Waals surface area (Å²) in [6.07, 6.45) is 0. The smallest absolute Gasteiger partial charge is 0.314 e. The Balaban J connectivity index is 0.000000184. The summed E-state index contributed by atoms with van der Waals surface area (Å²) in [5.74, 6) is 0. The molecule has 0 unspecified atom stereocenters. The van der Waals surface area contributed by atoms with Gasteiger partial charge in [-0.05, 0) is 12.1 Å². The summed E-state index contributed by atoms with van der Waals surface area (Å²) in [5, 5.41) is 10.2. The van der Waals surface area contributed by atoms with Crippen molar-refractivity contribution in [3.63, 3.8) is 0 Å². The summed E-state index contributed by atoms with van der Waals surface area (Å²) < 4.78 is 8.74. The zero-order valence-corrected chi connectivity index (χ0v) is 7.51. The van der Waals surface area contributed by atoms with Crippen molar-refractivity contribution in [1.29, 1.82) is 0 Å². The van der Waals surface area contributed by atoms with E-state index in [0.29, 0.717) is 0 Å². The van der Waals surface area contributed by atoms with Crippen LogP contribution in [0.2, 0.25) is 0 Å². The van der Waals surface area contributed by atoms with E-state index in [0.717, 1.165) is 11.0 Å². The van der Waals surface area contributed by atoms with Gasteiger partial charge in [-0.15, -0.1) is 5.10 Å². The third kappa shape index (κ3) is 3.33. The van der Waals surface area contributed by atoms with Crippen LogP contribution in [0.5, 0.6) is 0 Å². The zero-order chi connectivity index (χ0) is 9.68. The van der Waals surface area contributed by atoms with Crippen LogP contribution in [-0.4, -0.2) is 25.2 Å². The zero-order valence-electron chi connectivity index (χ0n) is 6.51. The second-order valence-electron chi connectivity index (χ2n) is 2.11. The predicted octanol–water partition coefficient (Wildman–Crippen LogP) is 0.319. The van der Waals surface area contributed by atoms with E-state index in [1.807, 2.05) is 24.3 Å². The van der Waals surface area contributed by atoms with E-state index >= 15 is 0 Å². The van der Waals surface area contributed by atoms with Crippen molar-refractivity contribution in [2.75, 3.05) is 0 Å². The van der Waals surface area contributed by atoms with E-state index in [1.54, 1.807) is 0 Å². The molecule has 6 nitrogen and oxygen atoms in total. The highest BCUT2D eigenvalue weighted by atomic mass is 31.1. The van der Waals surface area contributed by atoms with Gasteiger partial charge in [-0.1, -0.05) is 17.3 Å². The summed E-state index contributed by atoms with van der Waals surface area (Å²) in [4.78, 5) is 14.3. The normalized spacial score (nSPS) is 9.77. The molecule has 70 valence electrons. The van der Waals surface area contributed by atoms with Gasteiger partial charge < -0.3 is 9.79 Å². The van der Waals surface area contributed by atoms with Crippen LogP contribution in [0.1, 0.15) is 0 Å². The number of nitrogens with zero attached hydrogens (tertiary/aromatic N) is 2. The van der Waals surface area contributed by atoms with Crippen molar-refractivity contribution in [2.45, 2.75) is 0 Å². The molecule has 0 spiro atoms. The van der Waals surface area contributed by atoms with E-state index in [2.05, 4.69) is 15.4 Å². The van der Waals surface area contributed by atoms with Crippen molar-refractivity contribution in [3.05, 3.63) is 24.3 Å². The first kappa shape index (κ1) is 9.85. The molecular weight excluding hydrogens is 193 g/mol. The molecule has 1 aromatic carbocycles. The molecule has 0 bridgehead atoms. The topological polar surface area (TPSA) is 99.1 Å². The fraction of sp³-hybridized carbons (Fsp3) is 0. The number of fused-ring (bicyclic) bond motifs is 1. The lowest BCUT2D eigenvalue weighted by Crippen LogP contribution is -1.63. The number of H-pyrrole nitrogens is 1. The molecule has 0 amide bonds. The lowest BCUT2D eigenvalue weighted by molar-refractivity contribution is 0.405. The van der Waals surface area contributed by atoms with Crippen molar-refractivity contribution in [1.82, 2.24) is 15.4 Å². The summed E-state index contributed by atoms with van der Waals surface area (Å²) >= 11 is 0. The molecule has 0 fully saturated rings. The Bertz CT molecular complexity index is 368. The molecule has 0 saturated heterocycles. The maximum absolute atomic E-state index is 8.74. The highest BCUT2D eigenvalue weighted by molar-refractivity contribution is 7.30. The number of para-hydroxylation sites is 1. The Hall–Kier alpha value is -1.23. The highest BCUT2D eigenvalue weighted by Crippen LogP contribution is 2.03. The van der Waals surface area contributed by atoms with Gasteiger partial charge in [-0.2, -0.15) is 0 Å². The molecule has 3 N–H and O–H groups in total. The Labute approximate surface area is 74.2 Å². The van der Waals surface area contributed by atoms with E-state index in [-0.39, 0.29) is 0 Å². The maximum atomic E-state index is 8.74. The van der Waals surface area contributed by atoms with Gasteiger partial charge in [0.1, 0.15) is 5.52 Å². The number of aromatic nitrogens is 3.